The van der Waals surface area contributed by atoms with Gasteiger partial charge in [-0.2, -0.15) is 0 Å². The first-order valence-electron chi connectivity index (χ1n) is 9.27. The number of nitrogens with zero attached hydrogens (tertiary/aromatic N) is 2. The Kier molecular flexibility index (Phi) is 5.27. The highest BCUT2D eigenvalue weighted by Crippen LogP contribution is 2.34. The maximum absolute atomic E-state index is 13.8. The molecule has 0 spiro atoms. The molecule has 0 saturated heterocycles. The smallest absolute Gasteiger partial charge is 0.276 e. The first-order chi connectivity index (χ1) is 15.5. The molecule has 2 aromatic heterocycles. The van der Waals surface area contributed by atoms with Gasteiger partial charge in [0.05, 0.1) is 17.0 Å². The summed E-state index contributed by atoms with van der Waals surface area (Å²) < 4.78 is 39.6. The molecule has 0 unspecified atom stereocenters. The molecular weight excluding hydrogens is 460 g/mol. The zero-order valence-electron chi connectivity index (χ0n) is 16.1. The molecule has 1 aliphatic rings. The summed E-state index contributed by atoms with van der Waals surface area (Å²) in [5.74, 6) is -0.970. The van der Waals surface area contributed by atoms with Gasteiger partial charge in [0.2, 0.25) is 12.7 Å². The third-order valence-corrected chi connectivity index (χ3v) is 6.37. The summed E-state index contributed by atoms with van der Waals surface area (Å²) in [6, 6.07) is 9.49. The SMILES string of the molecule is O=C(CSc1nc2ccsc2c(=O)n1-c1cc(F)cc(F)c1)Nc1ccc2c(c1)OCO2. The fraction of sp³-hybridized carbons (Fsp3) is 0.0952. The number of thioether (sulfide) groups is 1. The minimum atomic E-state index is -0.824. The molecule has 7 nitrogen and oxygen atoms in total. The van der Waals surface area contributed by atoms with Crippen molar-refractivity contribution in [2.45, 2.75) is 5.16 Å². The van der Waals surface area contributed by atoms with E-state index in [2.05, 4.69) is 10.3 Å². The number of hydrogen-bond donors (Lipinski definition) is 1. The van der Waals surface area contributed by atoms with Gasteiger partial charge in [0.25, 0.3) is 5.56 Å². The molecule has 0 fully saturated rings. The monoisotopic (exact) mass is 473 g/mol. The number of rotatable bonds is 5. The van der Waals surface area contributed by atoms with Crippen LogP contribution in [-0.4, -0.2) is 28.0 Å². The topological polar surface area (TPSA) is 82.5 Å². The van der Waals surface area contributed by atoms with Gasteiger partial charge in [-0.25, -0.2) is 13.8 Å². The summed E-state index contributed by atoms with van der Waals surface area (Å²) in [5, 5.41) is 4.59. The van der Waals surface area contributed by atoms with Crippen molar-refractivity contribution in [3.05, 3.63) is 69.8 Å². The van der Waals surface area contributed by atoms with Gasteiger partial charge in [0.15, 0.2) is 16.7 Å². The lowest BCUT2D eigenvalue weighted by Crippen LogP contribution is -2.22. The summed E-state index contributed by atoms with van der Waals surface area (Å²) in [6.45, 7) is 0.123. The minimum Gasteiger partial charge on any atom is -0.454 e. The van der Waals surface area contributed by atoms with Gasteiger partial charge < -0.3 is 14.8 Å². The number of amides is 1. The van der Waals surface area contributed by atoms with E-state index in [-0.39, 0.29) is 29.3 Å². The number of hydrogen-bond acceptors (Lipinski definition) is 7. The number of anilines is 1. The standard InChI is InChI=1S/C21H13F2N3O4S2/c22-11-5-12(23)7-14(6-11)26-20(28)19-15(3-4-31-19)25-21(26)32-9-18(27)24-13-1-2-16-17(8-13)30-10-29-16/h1-8H,9-10H2,(H,24,27). The summed E-state index contributed by atoms with van der Waals surface area (Å²) in [4.78, 5) is 30.0. The zero-order chi connectivity index (χ0) is 22.2. The number of halogens is 2. The van der Waals surface area contributed by atoms with Gasteiger partial charge in [-0.05, 0) is 35.7 Å². The lowest BCUT2D eigenvalue weighted by molar-refractivity contribution is -0.113. The highest BCUT2D eigenvalue weighted by atomic mass is 32.2. The second kappa shape index (κ2) is 8.24. The molecule has 162 valence electrons. The third kappa shape index (κ3) is 3.92. The van der Waals surface area contributed by atoms with Crippen LogP contribution in [0.25, 0.3) is 15.9 Å². The number of ether oxygens (including phenoxy) is 2. The fourth-order valence-electron chi connectivity index (χ4n) is 3.19. The molecular formula is C21H13F2N3O4S2. The summed E-state index contributed by atoms with van der Waals surface area (Å²) in [6.07, 6.45) is 0. The van der Waals surface area contributed by atoms with Crippen LogP contribution in [0.4, 0.5) is 14.5 Å². The van der Waals surface area contributed by atoms with Crippen molar-refractivity contribution in [2.24, 2.45) is 0 Å². The first-order valence-corrected chi connectivity index (χ1v) is 11.1. The van der Waals surface area contributed by atoms with E-state index in [0.29, 0.717) is 27.4 Å². The van der Waals surface area contributed by atoms with Gasteiger partial charge >= 0.3 is 0 Å². The Morgan fingerprint density at radius 1 is 1.12 bits per heavy atom. The van der Waals surface area contributed by atoms with Crippen molar-refractivity contribution in [1.82, 2.24) is 9.55 Å². The van der Waals surface area contributed by atoms with Crippen LogP contribution < -0.4 is 20.3 Å². The number of fused-ring (bicyclic) bond motifs is 2. The minimum absolute atomic E-state index is 0.00557. The Labute approximate surface area is 187 Å². The van der Waals surface area contributed by atoms with Crippen LogP contribution in [0, 0.1) is 11.6 Å². The lowest BCUT2D eigenvalue weighted by atomic mass is 10.3. The average molecular weight is 473 g/mol. The molecule has 5 rings (SSSR count). The van der Waals surface area contributed by atoms with E-state index in [1.165, 1.54) is 11.3 Å². The zero-order valence-corrected chi connectivity index (χ0v) is 17.8. The number of nitrogens with one attached hydrogen (secondary N) is 1. The van der Waals surface area contributed by atoms with Crippen LogP contribution in [0.15, 0.2) is 57.8 Å². The maximum atomic E-state index is 13.8. The van der Waals surface area contributed by atoms with E-state index in [9.17, 15) is 18.4 Å². The van der Waals surface area contributed by atoms with E-state index in [0.717, 1.165) is 34.5 Å². The highest BCUT2D eigenvalue weighted by molar-refractivity contribution is 7.99. The number of thiophene rings is 1. The van der Waals surface area contributed by atoms with Crippen LogP contribution in [0.1, 0.15) is 0 Å². The molecule has 0 aliphatic carbocycles. The summed E-state index contributed by atoms with van der Waals surface area (Å²) in [5.41, 5.74) is 0.500. The molecule has 11 heteroatoms. The molecule has 3 heterocycles. The highest BCUT2D eigenvalue weighted by Gasteiger charge is 2.18. The van der Waals surface area contributed by atoms with E-state index < -0.39 is 17.2 Å². The number of carbonyl (C=O) groups excluding carboxylic acids is 1. The number of carbonyl (C=O) groups is 1. The van der Waals surface area contributed by atoms with Gasteiger partial charge in [0, 0.05) is 17.8 Å². The fourth-order valence-corrected chi connectivity index (χ4v) is 4.76. The van der Waals surface area contributed by atoms with Gasteiger partial charge in [-0.3, -0.25) is 14.2 Å². The van der Waals surface area contributed by atoms with E-state index in [1.807, 2.05) is 0 Å². The summed E-state index contributed by atoms with van der Waals surface area (Å²) in [7, 11) is 0. The number of aromatic nitrogens is 2. The van der Waals surface area contributed by atoms with Crippen LogP contribution >= 0.6 is 23.1 Å². The lowest BCUT2D eigenvalue weighted by Gasteiger charge is -2.12. The van der Waals surface area contributed by atoms with E-state index in [4.69, 9.17) is 9.47 Å². The molecule has 1 amide bonds. The molecule has 4 aromatic rings. The Morgan fingerprint density at radius 2 is 1.91 bits per heavy atom. The molecule has 0 radical (unpaired) electrons. The second-order valence-electron chi connectivity index (χ2n) is 6.70. The normalized spacial score (nSPS) is 12.3. The van der Waals surface area contributed by atoms with Crippen LogP contribution in [0.5, 0.6) is 11.5 Å². The molecule has 1 N–H and O–H groups in total. The molecule has 32 heavy (non-hydrogen) atoms. The van der Waals surface area contributed by atoms with Crippen LogP contribution in [-0.2, 0) is 4.79 Å². The molecule has 2 aromatic carbocycles. The van der Waals surface area contributed by atoms with Gasteiger partial charge in [-0.15, -0.1) is 11.3 Å². The van der Waals surface area contributed by atoms with Crippen molar-refractivity contribution >= 4 is 44.9 Å². The Hall–Kier alpha value is -3.44. The predicted octanol–water partition coefficient (Wildman–Crippen LogP) is 4.18. The Bertz CT molecular complexity index is 1400. The van der Waals surface area contributed by atoms with Crippen LogP contribution in [0.3, 0.4) is 0 Å². The maximum Gasteiger partial charge on any atom is 0.276 e. The van der Waals surface area contributed by atoms with Crippen molar-refractivity contribution in [2.75, 3.05) is 17.9 Å². The Balaban J connectivity index is 1.43. The van der Waals surface area contributed by atoms with Crippen molar-refractivity contribution in [3.63, 3.8) is 0 Å². The number of benzene rings is 2. The van der Waals surface area contributed by atoms with Gasteiger partial charge in [-0.1, -0.05) is 11.8 Å². The molecule has 1 aliphatic heterocycles. The first kappa shape index (κ1) is 20.5. The van der Waals surface area contributed by atoms with Gasteiger partial charge in [0.1, 0.15) is 16.3 Å². The van der Waals surface area contributed by atoms with Crippen molar-refractivity contribution in [3.8, 4) is 17.2 Å². The van der Waals surface area contributed by atoms with E-state index >= 15 is 0 Å². The average Bonchev–Trinajstić information content (AvgIpc) is 3.40. The van der Waals surface area contributed by atoms with E-state index in [1.54, 1.807) is 29.6 Å². The second-order valence-corrected chi connectivity index (χ2v) is 8.56. The van der Waals surface area contributed by atoms with Crippen LogP contribution in [0.2, 0.25) is 0 Å². The third-order valence-electron chi connectivity index (χ3n) is 4.54. The molecule has 0 atom stereocenters. The van der Waals surface area contributed by atoms with Crippen molar-refractivity contribution in [1.29, 1.82) is 0 Å². The summed E-state index contributed by atoms with van der Waals surface area (Å²) >= 11 is 2.16. The quantitative estimate of drug-likeness (QED) is 0.346. The Morgan fingerprint density at radius 3 is 2.72 bits per heavy atom. The predicted molar refractivity (Wildman–Crippen MR) is 117 cm³/mol. The van der Waals surface area contributed by atoms with Crippen molar-refractivity contribution < 1.29 is 23.0 Å². The largest absolute Gasteiger partial charge is 0.454 e. The molecule has 0 saturated carbocycles. The molecule has 0 bridgehead atoms.